The van der Waals surface area contributed by atoms with Crippen molar-refractivity contribution in [1.29, 1.82) is 0 Å². The summed E-state index contributed by atoms with van der Waals surface area (Å²) >= 11 is 0. The van der Waals surface area contributed by atoms with Gasteiger partial charge in [0.05, 0.1) is 15.7 Å². The van der Waals surface area contributed by atoms with Gasteiger partial charge in [0.2, 0.25) is 0 Å². The van der Waals surface area contributed by atoms with E-state index < -0.39 is 21.1 Å². The molecule has 0 heterocycles. The van der Waals surface area contributed by atoms with Crippen LogP contribution in [0.2, 0.25) is 0 Å². The van der Waals surface area contributed by atoms with Gasteiger partial charge in [-0.05, 0) is 37.5 Å². The summed E-state index contributed by atoms with van der Waals surface area (Å²) in [6.07, 6.45) is 1.05. The van der Waals surface area contributed by atoms with Crippen molar-refractivity contribution in [2.24, 2.45) is 0 Å². The van der Waals surface area contributed by atoms with Crippen LogP contribution in [-0.2, 0) is 9.84 Å². The lowest BCUT2D eigenvalue weighted by molar-refractivity contribution is 0.0696. The summed E-state index contributed by atoms with van der Waals surface area (Å²) in [6.45, 7) is 5.18. The smallest absolute Gasteiger partial charge is 0.335 e. The summed E-state index contributed by atoms with van der Waals surface area (Å²) in [7, 11) is -3.45. The highest BCUT2D eigenvalue weighted by atomic mass is 32.2. The van der Waals surface area contributed by atoms with Crippen molar-refractivity contribution in [2.75, 3.05) is 0 Å². The minimum atomic E-state index is -3.45. The van der Waals surface area contributed by atoms with E-state index in [0.717, 1.165) is 0 Å². The van der Waals surface area contributed by atoms with E-state index in [2.05, 4.69) is 0 Å². The standard InChI is InChI=1S/C13H18O4S/c1-4-10(5-2)18(16,17)12-8-6-7-11(9(12)3)13(14)15/h6-8,10H,4-5H2,1-3H3,(H,14,15). The van der Waals surface area contributed by atoms with Crippen LogP contribution in [0.4, 0.5) is 0 Å². The second kappa shape index (κ2) is 5.52. The number of benzene rings is 1. The maximum Gasteiger partial charge on any atom is 0.335 e. The van der Waals surface area contributed by atoms with E-state index in [4.69, 9.17) is 5.11 Å². The fourth-order valence-corrected chi connectivity index (χ4v) is 4.10. The average Bonchev–Trinajstić information content (AvgIpc) is 2.29. The third kappa shape index (κ3) is 2.56. The van der Waals surface area contributed by atoms with E-state index >= 15 is 0 Å². The SMILES string of the molecule is CCC(CC)S(=O)(=O)c1cccc(C(=O)O)c1C. The third-order valence-corrected chi connectivity index (χ3v) is 5.77. The topological polar surface area (TPSA) is 71.4 Å². The summed E-state index contributed by atoms with van der Waals surface area (Å²) in [5.41, 5.74) is 0.360. The Labute approximate surface area is 108 Å². The molecular weight excluding hydrogens is 252 g/mol. The van der Waals surface area contributed by atoms with Gasteiger partial charge in [-0.15, -0.1) is 0 Å². The van der Waals surface area contributed by atoms with Crippen molar-refractivity contribution >= 4 is 15.8 Å². The molecule has 0 bridgehead atoms. The number of aromatic carboxylic acids is 1. The zero-order chi connectivity index (χ0) is 13.9. The molecule has 1 aromatic carbocycles. The van der Waals surface area contributed by atoms with Gasteiger partial charge in [-0.1, -0.05) is 19.9 Å². The molecule has 0 amide bonds. The fourth-order valence-electron chi connectivity index (χ4n) is 2.06. The monoisotopic (exact) mass is 270 g/mol. The first-order valence-electron chi connectivity index (χ1n) is 5.93. The molecule has 0 fully saturated rings. The van der Waals surface area contributed by atoms with Gasteiger partial charge >= 0.3 is 5.97 Å². The average molecular weight is 270 g/mol. The Hall–Kier alpha value is -1.36. The van der Waals surface area contributed by atoms with Crippen LogP contribution < -0.4 is 0 Å². The van der Waals surface area contributed by atoms with Crippen molar-refractivity contribution in [3.05, 3.63) is 29.3 Å². The molecule has 5 heteroatoms. The van der Waals surface area contributed by atoms with E-state index in [0.29, 0.717) is 18.4 Å². The summed E-state index contributed by atoms with van der Waals surface area (Å²) in [5.74, 6) is -1.10. The van der Waals surface area contributed by atoms with Crippen molar-refractivity contribution in [1.82, 2.24) is 0 Å². The third-order valence-electron chi connectivity index (χ3n) is 3.17. The molecule has 0 saturated carbocycles. The molecule has 0 radical (unpaired) electrons. The number of hydrogen-bond donors (Lipinski definition) is 1. The van der Waals surface area contributed by atoms with Gasteiger partial charge in [0.1, 0.15) is 0 Å². The zero-order valence-electron chi connectivity index (χ0n) is 10.8. The Morgan fingerprint density at radius 2 is 1.83 bits per heavy atom. The van der Waals surface area contributed by atoms with Gasteiger partial charge in [0.25, 0.3) is 0 Å². The van der Waals surface area contributed by atoms with Crippen LogP contribution >= 0.6 is 0 Å². The summed E-state index contributed by atoms with van der Waals surface area (Å²) in [4.78, 5) is 11.2. The predicted octanol–water partition coefficient (Wildman–Crippen LogP) is 2.66. The van der Waals surface area contributed by atoms with Crippen molar-refractivity contribution < 1.29 is 18.3 Å². The fraction of sp³-hybridized carbons (Fsp3) is 0.462. The van der Waals surface area contributed by atoms with Crippen molar-refractivity contribution in [2.45, 2.75) is 43.8 Å². The first kappa shape index (κ1) is 14.7. The highest BCUT2D eigenvalue weighted by Gasteiger charge is 2.27. The molecule has 0 atom stereocenters. The van der Waals surface area contributed by atoms with Gasteiger partial charge in [-0.25, -0.2) is 13.2 Å². The molecule has 4 nitrogen and oxygen atoms in total. The highest BCUT2D eigenvalue weighted by molar-refractivity contribution is 7.92. The van der Waals surface area contributed by atoms with E-state index in [9.17, 15) is 13.2 Å². The minimum absolute atomic E-state index is 0.0435. The van der Waals surface area contributed by atoms with Crippen molar-refractivity contribution in [3.63, 3.8) is 0 Å². The Balaban J connectivity index is 3.43. The van der Waals surface area contributed by atoms with Crippen LogP contribution in [0.3, 0.4) is 0 Å². The number of carboxylic acids is 1. The second-order valence-corrected chi connectivity index (χ2v) is 6.41. The largest absolute Gasteiger partial charge is 0.478 e. The van der Waals surface area contributed by atoms with Gasteiger partial charge in [0, 0.05) is 0 Å². The molecule has 18 heavy (non-hydrogen) atoms. The molecule has 1 N–H and O–H groups in total. The van der Waals surface area contributed by atoms with Crippen LogP contribution in [0.15, 0.2) is 23.1 Å². The lowest BCUT2D eigenvalue weighted by Crippen LogP contribution is -2.21. The van der Waals surface area contributed by atoms with Crippen LogP contribution in [0.25, 0.3) is 0 Å². The van der Waals surface area contributed by atoms with Crippen LogP contribution in [-0.4, -0.2) is 24.7 Å². The van der Waals surface area contributed by atoms with Gasteiger partial charge in [-0.3, -0.25) is 0 Å². The number of sulfone groups is 1. The van der Waals surface area contributed by atoms with E-state index in [-0.39, 0.29) is 10.5 Å². The molecule has 0 aromatic heterocycles. The Morgan fingerprint density at radius 3 is 2.28 bits per heavy atom. The highest BCUT2D eigenvalue weighted by Crippen LogP contribution is 2.25. The number of carboxylic acid groups (broad SMARTS) is 1. The van der Waals surface area contributed by atoms with E-state index in [1.54, 1.807) is 6.92 Å². The predicted molar refractivity (Wildman–Crippen MR) is 69.7 cm³/mol. The van der Waals surface area contributed by atoms with Gasteiger partial charge in [-0.2, -0.15) is 0 Å². The molecule has 0 aliphatic carbocycles. The van der Waals surface area contributed by atoms with Gasteiger partial charge in [0.15, 0.2) is 9.84 Å². The first-order valence-corrected chi connectivity index (χ1v) is 7.47. The zero-order valence-corrected chi connectivity index (χ0v) is 11.6. The van der Waals surface area contributed by atoms with E-state index in [1.165, 1.54) is 18.2 Å². The lowest BCUT2D eigenvalue weighted by atomic mass is 10.1. The van der Waals surface area contributed by atoms with Crippen LogP contribution in [0.5, 0.6) is 0 Å². The maximum absolute atomic E-state index is 12.4. The summed E-state index contributed by atoms with van der Waals surface area (Å²) in [6, 6.07) is 4.38. The quantitative estimate of drug-likeness (QED) is 0.892. The van der Waals surface area contributed by atoms with Gasteiger partial charge < -0.3 is 5.11 Å². The number of rotatable bonds is 5. The molecular formula is C13H18O4S. The minimum Gasteiger partial charge on any atom is -0.478 e. The Kier molecular flexibility index (Phi) is 4.51. The Morgan fingerprint density at radius 1 is 1.28 bits per heavy atom. The molecule has 1 aromatic rings. The molecule has 0 unspecified atom stereocenters. The molecule has 0 saturated heterocycles. The van der Waals surface area contributed by atoms with E-state index in [1.807, 2.05) is 13.8 Å². The van der Waals surface area contributed by atoms with Crippen molar-refractivity contribution in [3.8, 4) is 0 Å². The second-order valence-electron chi connectivity index (χ2n) is 4.22. The summed E-state index contributed by atoms with van der Waals surface area (Å²) in [5, 5.41) is 8.56. The summed E-state index contributed by atoms with van der Waals surface area (Å²) < 4.78 is 24.8. The first-order chi connectivity index (χ1) is 8.36. The number of carbonyl (C=O) groups is 1. The van der Waals surface area contributed by atoms with Crippen LogP contribution in [0, 0.1) is 6.92 Å². The molecule has 0 aliphatic heterocycles. The lowest BCUT2D eigenvalue weighted by Gasteiger charge is -2.16. The maximum atomic E-state index is 12.4. The molecule has 1 rings (SSSR count). The number of hydrogen-bond acceptors (Lipinski definition) is 3. The normalized spacial score (nSPS) is 11.8. The molecule has 0 aliphatic rings. The molecule has 0 spiro atoms. The Bertz CT molecular complexity index is 542. The van der Waals surface area contributed by atoms with Crippen LogP contribution in [0.1, 0.15) is 42.6 Å². The molecule has 100 valence electrons.